The molecule has 0 heterocycles. The third-order valence-corrected chi connectivity index (χ3v) is 3.50. The van der Waals surface area contributed by atoms with Crippen LogP contribution in [0, 0.1) is 5.82 Å². The van der Waals surface area contributed by atoms with E-state index in [0.29, 0.717) is 17.2 Å². The standard InChI is InChI=1S/C19H22FNO6/c1-24-16-7-4-8-17(25-2)19(16)27-11-14(22)10-21-18(23)12-26-15-6-3-5-13(20)9-15/h3-9,14,22H,10-12H2,1-2H3,(H,21,23). The van der Waals surface area contributed by atoms with Crippen molar-refractivity contribution in [3.05, 3.63) is 48.3 Å². The summed E-state index contributed by atoms with van der Waals surface area (Å²) in [5.74, 6) is 0.642. The molecule has 2 aromatic carbocycles. The maximum Gasteiger partial charge on any atom is 0.258 e. The summed E-state index contributed by atoms with van der Waals surface area (Å²) in [6.45, 7) is -0.415. The van der Waals surface area contributed by atoms with Crippen LogP contribution in [0.5, 0.6) is 23.0 Å². The van der Waals surface area contributed by atoms with Gasteiger partial charge in [0.05, 0.1) is 14.2 Å². The van der Waals surface area contributed by atoms with E-state index in [1.54, 1.807) is 24.3 Å². The fourth-order valence-corrected chi connectivity index (χ4v) is 2.19. The Balaban J connectivity index is 1.76. The van der Waals surface area contributed by atoms with Gasteiger partial charge >= 0.3 is 0 Å². The molecule has 2 rings (SSSR count). The molecule has 146 valence electrons. The van der Waals surface area contributed by atoms with Crippen LogP contribution in [0.2, 0.25) is 0 Å². The Labute approximate surface area is 156 Å². The molecule has 0 aromatic heterocycles. The zero-order valence-electron chi connectivity index (χ0n) is 15.1. The molecule has 0 saturated carbocycles. The number of rotatable bonds is 10. The number of nitrogens with one attached hydrogen (secondary N) is 1. The molecule has 0 aliphatic rings. The number of para-hydroxylation sites is 1. The van der Waals surface area contributed by atoms with Gasteiger partial charge in [0.15, 0.2) is 18.1 Å². The number of benzene rings is 2. The second-order valence-electron chi connectivity index (χ2n) is 5.51. The van der Waals surface area contributed by atoms with Crippen LogP contribution in [0.15, 0.2) is 42.5 Å². The van der Waals surface area contributed by atoms with Gasteiger partial charge in [0.2, 0.25) is 5.75 Å². The Bertz CT molecular complexity index is 732. The smallest absolute Gasteiger partial charge is 0.258 e. The average Bonchev–Trinajstić information content (AvgIpc) is 2.68. The first-order valence-corrected chi connectivity index (χ1v) is 8.20. The van der Waals surface area contributed by atoms with Crippen LogP contribution >= 0.6 is 0 Å². The summed E-state index contributed by atoms with van der Waals surface area (Å²) >= 11 is 0. The lowest BCUT2D eigenvalue weighted by atomic mass is 10.3. The number of aliphatic hydroxyl groups excluding tert-OH is 1. The number of ether oxygens (including phenoxy) is 4. The third kappa shape index (κ3) is 6.34. The highest BCUT2D eigenvalue weighted by atomic mass is 19.1. The number of amides is 1. The summed E-state index contributed by atoms with van der Waals surface area (Å²) < 4.78 is 34.2. The van der Waals surface area contributed by atoms with Crippen molar-refractivity contribution in [3.8, 4) is 23.0 Å². The fourth-order valence-electron chi connectivity index (χ4n) is 2.19. The lowest BCUT2D eigenvalue weighted by Gasteiger charge is -2.17. The summed E-state index contributed by atoms with van der Waals surface area (Å²) in [6.07, 6.45) is -0.960. The van der Waals surface area contributed by atoms with Gasteiger partial charge in [0.25, 0.3) is 5.91 Å². The Hall–Kier alpha value is -3.00. The Morgan fingerprint density at radius 2 is 1.78 bits per heavy atom. The van der Waals surface area contributed by atoms with Crippen molar-refractivity contribution in [1.82, 2.24) is 5.32 Å². The van der Waals surface area contributed by atoms with E-state index in [1.165, 1.54) is 32.4 Å². The van der Waals surface area contributed by atoms with Gasteiger partial charge in [-0.15, -0.1) is 0 Å². The lowest BCUT2D eigenvalue weighted by molar-refractivity contribution is -0.123. The minimum Gasteiger partial charge on any atom is -0.493 e. The average molecular weight is 379 g/mol. The van der Waals surface area contributed by atoms with Gasteiger partial charge in [-0.25, -0.2) is 4.39 Å². The lowest BCUT2D eigenvalue weighted by Crippen LogP contribution is -2.37. The maximum absolute atomic E-state index is 13.0. The monoisotopic (exact) mass is 379 g/mol. The van der Waals surface area contributed by atoms with E-state index in [0.717, 1.165) is 0 Å². The molecule has 1 unspecified atom stereocenters. The molecule has 0 spiro atoms. The second kappa shape index (κ2) is 10.2. The topological polar surface area (TPSA) is 86.3 Å². The third-order valence-electron chi connectivity index (χ3n) is 3.50. The highest BCUT2D eigenvalue weighted by Crippen LogP contribution is 2.36. The molecule has 0 aliphatic heterocycles. The van der Waals surface area contributed by atoms with Gasteiger partial charge in [-0.3, -0.25) is 4.79 Å². The number of aliphatic hydroxyl groups is 1. The Kier molecular flexibility index (Phi) is 7.69. The van der Waals surface area contributed by atoms with Crippen molar-refractivity contribution < 1.29 is 33.2 Å². The molecule has 1 atom stereocenters. The molecule has 1 amide bonds. The SMILES string of the molecule is COc1cccc(OC)c1OCC(O)CNC(=O)COc1cccc(F)c1. The number of carbonyl (C=O) groups excluding carboxylic acids is 1. The summed E-state index contributed by atoms with van der Waals surface area (Å²) in [5, 5.41) is 12.5. The van der Waals surface area contributed by atoms with Crippen molar-refractivity contribution in [3.63, 3.8) is 0 Å². The zero-order valence-corrected chi connectivity index (χ0v) is 15.1. The Morgan fingerprint density at radius 3 is 2.41 bits per heavy atom. The summed E-state index contributed by atoms with van der Waals surface area (Å²) in [6, 6.07) is 10.6. The molecule has 2 aromatic rings. The number of carbonyl (C=O) groups is 1. The highest BCUT2D eigenvalue weighted by molar-refractivity contribution is 5.77. The van der Waals surface area contributed by atoms with Crippen LogP contribution in [0.25, 0.3) is 0 Å². The maximum atomic E-state index is 13.0. The van der Waals surface area contributed by atoms with Crippen molar-refractivity contribution in [2.45, 2.75) is 6.10 Å². The first-order chi connectivity index (χ1) is 13.0. The van der Waals surface area contributed by atoms with Crippen LogP contribution in [0.4, 0.5) is 4.39 Å². The highest BCUT2D eigenvalue weighted by Gasteiger charge is 2.14. The van der Waals surface area contributed by atoms with Crippen LogP contribution < -0.4 is 24.3 Å². The molecular formula is C19H22FNO6. The molecule has 27 heavy (non-hydrogen) atoms. The second-order valence-corrected chi connectivity index (χ2v) is 5.51. The van der Waals surface area contributed by atoms with E-state index >= 15 is 0 Å². The van der Waals surface area contributed by atoms with E-state index < -0.39 is 17.8 Å². The quantitative estimate of drug-likeness (QED) is 0.655. The largest absolute Gasteiger partial charge is 0.493 e. The first kappa shape index (κ1) is 20.3. The molecule has 0 bridgehead atoms. The van der Waals surface area contributed by atoms with Crippen molar-refractivity contribution in [2.75, 3.05) is 34.0 Å². The molecule has 0 fully saturated rings. The molecule has 7 nitrogen and oxygen atoms in total. The predicted molar refractivity (Wildman–Crippen MR) is 96.0 cm³/mol. The van der Waals surface area contributed by atoms with Gasteiger partial charge in [0, 0.05) is 12.6 Å². The number of halogens is 1. The number of methoxy groups -OCH3 is 2. The predicted octanol–water partition coefficient (Wildman–Crippen LogP) is 1.78. The van der Waals surface area contributed by atoms with Crippen LogP contribution in [-0.2, 0) is 4.79 Å². The molecule has 8 heteroatoms. The molecule has 0 radical (unpaired) electrons. The molecule has 0 saturated heterocycles. The zero-order chi connectivity index (χ0) is 19.6. The van der Waals surface area contributed by atoms with E-state index in [-0.39, 0.29) is 25.5 Å². The van der Waals surface area contributed by atoms with Gasteiger partial charge in [-0.2, -0.15) is 0 Å². The number of hydrogen-bond donors (Lipinski definition) is 2. The normalized spacial score (nSPS) is 11.4. The molecular weight excluding hydrogens is 357 g/mol. The minimum absolute atomic E-state index is 0.0389. The van der Waals surface area contributed by atoms with E-state index in [2.05, 4.69) is 5.32 Å². The molecule has 2 N–H and O–H groups in total. The van der Waals surface area contributed by atoms with Gasteiger partial charge in [0.1, 0.15) is 24.3 Å². The van der Waals surface area contributed by atoms with E-state index in [1.807, 2.05) is 0 Å². The van der Waals surface area contributed by atoms with Gasteiger partial charge in [-0.1, -0.05) is 12.1 Å². The van der Waals surface area contributed by atoms with Crippen LogP contribution in [0.1, 0.15) is 0 Å². The van der Waals surface area contributed by atoms with Crippen LogP contribution in [-0.4, -0.2) is 51.1 Å². The summed E-state index contributed by atoms with van der Waals surface area (Å²) in [4.78, 5) is 11.8. The van der Waals surface area contributed by atoms with Gasteiger partial charge in [-0.05, 0) is 24.3 Å². The van der Waals surface area contributed by atoms with Crippen molar-refractivity contribution >= 4 is 5.91 Å². The fraction of sp³-hybridized carbons (Fsp3) is 0.316. The summed E-state index contributed by atoms with van der Waals surface area (Å²) in [7, 11) is 2.99. The van der Waals surface area contributed by atoms with Crippen LogP contribution in [0.3, 0.4) is 0 Å². The number of hydrogen-bond acceptors (Lipinski definition) is 6. The van der Waals surface area contributed by atoms with Crippen molar-refractivity contribution in [2.24, 2.45) is 0 Å². The summed E-state index contributed by atoms with van der Waals surface area (Å²) in [5.41, 5.74) is 0. The van der Waals surface area contributed by atoms with E-state index in [4.69, 9.17) is 18.9 Å². The van der Waals surface area contributed by atoms with Gasteiger partial charge < -0.3 is 29.4 Å². The molecule has 0 aliphatic carbocycles. The first-order valence-electron chi connectivity index (χ1n) is 8.20. The minimum atomic E-state index is -0.960. The Morgan fingerprint density at radius 1 is 1.11 bits per heavy atom. The van der Waals surface area contributed by atoms with E-state index in [9.17, 15) is 14.3 Å². The van der Waals surface area contributed by atoms with Crippen molar-refractivity contribution in [1.29, 1.82) is 0 Å².